The van der Waals surface area contributed by atoms with Crippen molar-refractivity contribution in [2.24, 2.45) is 0 Å². The molecule has 0 aliphatic heterocycles. The Balaban J connectivity index is 1.96. The third-order valence-corrected chi connectivity index (χ3v) is 4.78. The zero-order valence-electron chi connectivity index (χ0n) is 11.1. The number of rotatable bonds is 8. The summed E-state index contributed by atoms with van der Waals surface area (Å²) in [5.74, 6) is 0.477. The molecule has 1 aromatic carbocycles. The van der Waals surface area contributed by atoms with E-state index in [1.165, 1.54) is 42.7 Å². The van der Waals surface area contributed by atoms with Crippen molar-refractivity contribution in [2.45, 2.75) is 38.0 Å². The maximum atomic E-state index is 4.52. The lowest BCUT2D eigenvalue weighted by atomic mass is 9.93. The van der Waals surface area contributed by atoms with Gasteiger partial charge in [-0.25, -0.2) is 4.98 Å². The van der Waals surface area contributed by atoms with Crippen molar-refractivity contribution in [2.75, 3.05) is 5.33 Å². The molecular weight excluding hydrogens is 318 g/mol. The Kier molecular flexibility index (Phi) is 6.58. The molecule has 0 bridgehead atoms. The van der Waals surface area contributed by atoms with Crippen LogP contribution in [-0.4, -0.2) is 10.3 Å². The number of benzene rings is 1. The molecule has 1 nitrogen and oxygen atoms in total. The van der Waals surface area contributed by atoms with Gasteiger partial charge >= 0.3 is 0 Å². The Morgan fingerprint density at radius 2 is 1.84 bits per heavy atom. The largest absolute Gasteiger partial charge is 0.249 e. The van der Waals surface area contributed by atoms with Gasteiger partial charge < -0.3 is 0 Å². The highest BCUT2D eigenvalue weighted by Gasteiger charge is 2.15. The van der Waals surface area contributed by atoms with Crippen LogP contribution in [0.5, 0.6) is 0 Å². The van der Waals surface area contributed by atoms with E-state index in [9.17, 15) is 0 Å². The summed E-state index contributed by atoms with van der Waals surface area (Å²) in [6.45, 7) is 0. The number of alkyl halides is 1. The van der Waals surface area contributed by atoms with E-state index in [-0.39, 0.29) is 0 Å². The molecule has 0 amide bonds. The molecule has 0 N–H and O–H groups in total. The van der Waals surface area contributed by atoms with Gasteiger partial charge in [0.1, 0.15) is 0 Å². The van der Waals surface area contributed by atoms with Crippen molar-refractivity contribution in [3.63, 3.8) is 0 Å². The summed E-state index contributed by atoms with van der Waals surface area (Å²) in [6, 6.07) is 10.8. The van der Waals surface area contributed by atoms with Crippen molar-refractivity contribution < 1.29 is 0 Å². The third kappa shape index (κ3) is 4.73. The second kappa shape index (κ2) is 8.49. The van der Waals surface area contributed by atoms with E-state index < -0.39 is 0 Å². The van der Waals surface area contributed by atoms with Gasteiger partial charge in [0.05, 0.1) is 5.01 Å². The van der Waals surface area contributed by atoms with Crippen LogP contribution in [0.25, 0.3) is 0 Å². The van der Waals surface area contributed by atoms with Crippen molar-refractivity contribution in [3.05, 3.63) is 52.5 Å². The van der Waals surface area contributed by atoms with Crippen LogP contribution in [0.1, 0.15) is 48.6 Å². The highest BCUT2D eigenvalue weighted by atomic mass is 79.9. The fraction of sp³-hybridized carbons (Fsp3) is 0.438. The molecule has 3 heteroatoms. The lowest BCUT2D eigenvalue weighted by Gasteiger charge is -2.14. The normalized spacial score (nSPS) is 12.5. The van der Waals surface area contributed by atoms with Crippen molar-refractivity contribution >= 4 is 27.3 Å². The molecule has 0 radical (unpaired) electrons. The van der Waals surface area contributed by atoms with Crippen LogP contribution >= 0.6 is 27.3 Å². The van der Waals surface area contributed by atoms with Crippen LogP contribution in [0.15, 0.2) is 41.9 Å². The van der Waals surface area contributed by atoms with Crippen LogP contribution < -0.4 is 0 Å². The van der Waals surface area contributed by atoms with E-state index >= 15 is 0 Å². The summed E-state index contributed by atoms with van der Waals surface area (Å²) in [5.41, 5.74) is 1.40. The first-order valence-corrected chi connectivity index (χ1v) is 8.92. The molecule has 0 aliphatic carbocycles. The lowest BCUT2D eigenvalue weighted by molar-refractivity contribution is 0.597. The molecule has 0 fully saturated rings. The Morgan fingerprint density at radius 1 is 1.05 bits per heavy atom. The van der Waals surface area contributed by atoms with Gasteiger partial charge in [-0.3, -0.25) is 0 Å². The summed E-state index contributed by atoms with van der Waals surface area (Å²) in [5, 5.41) is 4.46. The number of halogens is 1. The van der Waals surface area contributed by atoms with E-state index in [4.69, 9.17) is 0 Å². The molecule has 0 aliphatic rings. The van der Waals surface area contributed by atoms with Gasteiger partial charge in [-0.05, 0) is 18.4 Å². The molecule has 0 saturated carbocycles. The number of unbranched alkanes of at least 4 members (excludes halogenated alkanes) is 3. The van der Waals surface area contributed by atoms with E-state index in [0.29, 0.717) is 5.92 Å². The molecule has 1 atom stereocenters. The number of hydrogen-bond donors (Lipinski definition) is 0. The molecule has 19 heavy (non-hydrogen) atoms. The first-order chi connectivity index (χ1) is 9.42. The fourth-order valence-corrected chi connectivity index (χ4v) is 3.52. The first kappa shape index (κ1) is 14.7. The van der Waals surface area contributed by atoms with Gasteiger partial charge in [0, 0.05) is 22.8 Å². The van der Waals surface area contributed by atoms with Crippen molar-refractivity contribution in [1.29, 1.82) is 0 Å². The standard InChI is InChI=1S/C16H20BrNS/c17-11-7-2-1-6-10-15(16-18-12-13-19-16)14-8-4-3-5-9-14/h3-5,8-9,12-13,15H,1-2,6-7,10-11H2. The van der Waals surface area contributed by atoms with Gasteiger partial charge in [0.15, 0.2) is 0 Å². The first-order valence-electron chi connectivity index (χ1n) is 6.92. The average Bonchev–Trinajstić information content (AvgIpc) is 2.98. The minimum atomic E-state index is 0.477. The highest BCUT2D eigenvalue weighted by molar-refractivity contribution is 9.09. The summed E-state index contributed by atoms with van der Waals surface area (Å²) < 4.78 is 0. The monoisotopic (exact) mass is 337 g/mol. The smallest absolute Gasteiger partial charge is 0.0999 e. The summed E-state index contributed by atoms with van der Waals surface area (Å²) in [7, 11) is 0. The zero-order valence-corrected chi connectivity index (χ0v) is 13.5. The minimum absolute atomic E-state index is 0.477. The third-order valence-electron chi connectivity index (χ3n) is 3.33. The summed E-state index contributed by atoms with van der Waals surface area (Å²) in [6.07, 6.45) is 8.34. The number of nitrogens with zero attached hydrogens (tertiary/aromatic N) is 1. The van der Waals surface area contributed by atoms with Crippen molar-refractivity contribution in [1.82, 2.24) is 4.98 Å². The summed E-state index contributed by atoms with van der Waals surface area (Å²) >= 11 is 5.27. The molecular formula is C16H20BrNS. The second-order valence-corrected chi connectivity index (χ2v) is 6.44. The molecule has 0 spiro atoms. The van der Waals surface area contributed by atoms with E-state index in [0.717, 1.165) is 5.33 Å². The maximum absolute atomic E-state index is 4.52. The SMILES string of the molecule is BrCCCCCCC(c1ccccc1)c1nccs1. The molecule has 2 aromatic rings. The van der Waals surface area contributed by atoms with Crippen LogP contribution in [0.2, 0.25) is 0 Å². The molecule has 102 valence electrons. The highest BCUT2D eigenvalue weighted by Crippen LogP contribution is 2.31. The summed E-state index contributed by atoms with van der Waals surface area (Å²) in [4.78, 5) is 4.52. The van der Waals surface area contributed by atoms with E-state index in [1.54, 1.807) is 11.3 Å². The Morgan fingerprint density at radius 3 is 2.53 bits per heavy atom. The zero-order chi connectivity index (χ0) is 13.3. The van der Waals surface area contributed by atoms with Gasteiger partial charge in [-0.15, -0.1) is 11.3 Å². The van der Waals surface area contributed by atoms with Crippen molar-refractivity contribution in [3.8, 4) is 0 Å². The molecule has 2 rings (SSSR count). The van der Waals surface area contributed by atoms with Gasteiger partial charge in [-0.1, -0.05) is 65.5 Å². The Hall–Kier alpha value is -0.670. The Bertz CT molecular complexity index is 441. The number of aromatic nitrogens is 1. The van der Waals surface area contributed by atoms with Crippen LogP contribution in [-0.2, 0) is 0 Å². The number of hydrogen-bond acceptors (Lipinski definition) is 2. The minimum Gasteiger partial charge on any atom is -0.249 e. The molecule has 1 heterocycles. The fourth-order valence-electron chi connectivity index (χ4n) is 2.32. The predicted molar refractivity (Wildman–Crippen MR) is 87.3 cm³/mol. The van der Waals surface area contributed by atoms with Crippen LogP contribution in [0, 0.1) is 0 Å². The maximum Gasteiger partial charge on any atom is 0.0999 e. The van der Waals surface area contributed by atoms with Gasteiger partial charge in [0.2, 0.25) is 0 Å². The number of thiazole rings is 1. The van der Waals surface area contributed by atoms with Gasteiger partial charge in [0.25, 0.3) is 0 Å². The predicted octanol–water partition coefficient (Wildman–Crippen LogP) is 5.62. The van der Waals surface area contributed by atoms with E-state index in [1.807, 2.05) is 6.20 Å². The average molecular weight is 338 g/mol. The lowest BCUT2D eigenvalue weighted by Crippen LogP contribution is -2.00. The Labute approximate surface area is 128 Å². The molecule has 0 saturated heterocycles. The second-order valence-electron chi connectivity index (χ2n) is 4.73. The quantitative estimate of drug-likeness (QED) is 0.450. The topological polar surface area (TPSA) is 12.9 Å². The molecule has 1 aromatic heterocycles. The van der Waals surface area contributed by atoms with Crippen LogP contribution in [0.3, 0.4) is 0 Å². The molecule has 1 unspecified atom stereocenters. The van der Waals surface area contributed by atoms with Gasteiger partial charge in [-0.2, -0.15) is 0 Å². The van der Waals surface area contributed by atoms with Crippen LogP contribution in [0.4, 0.5) is 0 Å². The van der Waals surface area contributed by atoms with E-state index in [2.05, 4.69) is 56.6 Å².